The Morgan fingerprint density at radius 3 is 2.64 bits per heavy atom. The normalized spacial score (nSPS) is 10.5. The number of aromatic nitrogens is 1. The van der Waals surface area contributed by atoms with Crippen LogP contribution in [0.2, 0.25) is 5.02 Å². The summed E-state index contributed by atoms with van der Waals surface area (Å²) in [6.07, 6.45) is 0. The Balaban J connectivity index is 1.89. The van der Waals surface area contributed by atoms with E-state index in [9.17, 15) is 9.59 Å². The van der Waals surface area contributed by atoms with Crippen LogP contribution in [0.1, 0.15) is 30.5 Å². The van der Waals surface area contributed by atoms with Crippen LogP contribution in [0.15, 0.2) is 29.6 Å². The Kier molecular flexibility index (Phi) is 5.51. The molecular weight excluding hydrogens is 322 g/mol. The molecule has 116 valence electrons. The lowest BCUT2D eigenvalue weighted by molar-refractivity contribution is -0.136. The van der Waals surface area contributed by atoms with E-state index in [1.54, 1.807) is 35.6 Å². The van der Waals surface area contributed by atoms with Crippen LogP contribution in [0.3, 0.4) is 0 Å². The monoisotopic (exact) mass is 337 g/mol. The van der Waals surface area contributed by atoms with E-state index in [1.165, 1.54) is 0 Å². The molecule has 0 aliphatic heterocycles. The van der Waals surface area contributed by atoms with Gasteiger partial charge in [-0.3, -0.25) is 9.59 Å². The number of nitrogens with zero attached hydrogens (tertiary/aromatic N) is 1. The van der Waals surface area contributed by atoms with E-state index in [0.29, 0.717) is 16.6 Å². The van der Waals surface area contributed by atoms with Crippen LogP contribution in [-0.2, 0) is 16.1 Å². The Hall–Kier alpha value is -1.92. The number of carbonyl (C=O) groups is 2. The van der Waals surface area contributed by atoms with Crippen LogP contribution in [0.4, 0.5) is 5.69 Å². The van der Waals surface area contributed by atoms with Crippen molar-refractivity contribution in [2.24, 2.45) is 0 Å². The molecule has 7 heteroatoms. The zero-order valence-electron chi connectivity index (χ0n) is 12.2. The van der Waals surface area contributed by atoms with Gasteiger partial charge in [0.1, 0.15) is 0 Å². The molecule has 5 nitrogen and oxygen atoms in total. The summed E-state index contributed by atoms with van der Waals surface area (Å²) in [6.45, 7) is 4.33. The maximum absolute atomic E-state index is 11.8. The van der Waals surface area contributed by atoms with Gasteiger partial charge in [-0.25, -0.2) is 4.98 Å². The molecule has 22 heavy (non-hydrogen) atoms. The quantitative estimate of drug-likeness (QED) is 0.842. The van der Waals surface area contributed by atoms with Gasteiger partial charge in [-0.1, -0.05) is 37.6 Å². The largest absolute Gasteiger partial charge is 0.342 e. The van der Waals surface area contributed by atoms with Gasteiger partial charge in [0.2, 0.25) is 0 Å². The predicted octanol–water partition coefficient (Wildman–Crippen LogP) is 3.17. The standard InChI is InChI=1S/C15H16ClN3O2S/c1-9(2)15-18-10(8-22-15)7-17-13(20)14(21)19-12-6-4-3-5-11(12)16/h3-6,8-9H,7H2,1-2H3,(H,17,20)(H,19,21). The lowest BCUT2D eigenvalue weighted by atomic mass is 10.2. The molecule has 0 saturated heterocycles. The Labute approximate surface area is 137 Å². The molecule has 0 saturated carbocycles. The smallest absolute Gasteiger partial charge is 0.313 e. The van der Waals surface area contributed by atoms with Crippen LogP contribution in [-0.4, -0.2) is 16.8 Å². The number of rotatable bonds is 4. The zero-order valence-corrected chi connectivity index (χ0v) is 13.8. The van der Waals surface area contributed by atoms with Crippen molar-refractivity contribution >= 4 is 40.4 Å². The molecule has 2 N–H and O–H groups in total. The second-order valence-electron chi connectivity index (χ2n) is 4.95. The van der Waals surface area contributed by atoms with Crippen LogP contribution in [0.5, 0.6) is 0 Å². The van der Waals surface area contributed by atoms with Crippen molar-refractivity contribution in [3.63, 3.8) is 0 Å². The molecule has 0 aliphatic carbocycles. The maximum atomic E-state index is 11.8. The first-order chi connectivity index (χ1) is 10.5. The molecule has 1 heterocycles. The van der Waals surface area contributed by atoms with Gasteiger partial charge < -0.3 is 10.6 Å². The van der Waals surface area contributed by atoms with Crippen LogP contribution in [0.25, 0.3) is 0 Å². The molecule has 2 rings (SSSR count). The molecule has 0 unspecified atom stereocenters. The number of halogens is 1. The number of carbonyl (C=O) groups excluding carboxylic acids is 2. The number of nitrogens with one attached hydrogen (secondary N) is 2. The molecule has 0 spiro atoms. The van der Waals surface area contributed by atoms with E-state index >= 15 is 0 Å². The molecule has 1 aromatic heterocycles. The molecule has 2 aromatic rings. The predicted molar refractivity (Wildman–Crippen MR) is 88.1 cm³/mol. The fourth-order valence-corrected chi connectivity index (χ4v) is 2.68. The Morgan fingerprint density at radius 2 is 2.00 bits per heavy atom. The van der Waals surface area contributed by atoms with E-state index < -0.39 is 11.8 Å². The lowest BCUT2D eigenvalue weighted by Crippen LogP contribution is -2.35. The minimum absolute atomic E-state index is 0.220. The number of benzene rings is 1. The molecule has 1 aromatic carbocycles. The average Bonchev–Trinajstić information content (AvgIpc) is 2.96. The fraction of sp³-hybridized carbons (Fsp3) is 0.267. The summed E-state index contributed by atoms with van der Waals surface area (Å²) in [6, 6.07) is 6.73. The van der Waals surface area contributed by atoms with Crippen molar-refractivity contribution in [3.05, 3.63) is 45.4 Å². The highest BCUT2D eigenvalue weighted by Gasteiger charge is 2.15. The second kappa shape index (κ2) is 7.38. The zero-order chi connectivity index (χ0) is 16.1. The molecular formula is C15H16ClN3O2S. The molecule has 0 aliphatic rings. The average molecular weight is 338 g/mol. The SMILES string of the molecule is CC(C)c1nc(CNC(=O)C(=O)Nc2ccccc2Cl)cs1. The van der Waals surface area contributed by atoms with Crippen molar-refractivity contribution in [2.75, 3.05) is 5.32 Å². The molecule has 2 amide bonds. The van der Waals surface area contributed by atoms with E-state index in [2.05, 4.69) is 29.5 Å². The van der Waals surface area contributed by atoms with Crippen molar-refractivity contribution in [3.8, 4) is 0 Å². The van der Waals surface area contributed by atoms with Crippen molar-refractivity contribution < 1.29 is 9.59 Å². The molecule has 0 atom stereocenters. The third-order valence-electron chi connectivity index (χ3n) is 2.82. The fourth-order valence-electron chi connectivity index (χ4n) is 1.66. The highest BCUT2D eigenvalue weighted by Crippen LogP contribution is 2.20. The first kappa shape index (κ1) is 16.5. The third-order valence-corrected chi connectivity index (χ3v) is 4.35. The summed E-state index contributed by atoms with van der Waals surface area (Å²) in [7, 11) is 0. The van der Waals surface area contributed by atoms with Gasteiger partial charge in [0, 0.05) is 11.3 Å². The minimum atomic E-state index is -0.757. The highest BCUT2D eigenvalue weighted by atomic mass is 35.5. The first-order valence-electron chi connectivity index (χ1n) is 6.75. The highest BCUT2D eigenvalue weighted by molar-refractivity contribution is 7.09. The number of para-hydroxylation sites is 1. The topological polar surface area (TPSA) is 71.1 Å². The van der Waals surface area contributed by atoms with Gasteiger partial charge in [0.25, 0.3) is 0 Å². The molecule has 0 bridgehead atoms. The first-order valence-corrected chi connectivity index (χ1v) is 8.01. The van der Waals surface area contributed by atoms with Crippen LogP contribution >= 0.6 is 22.9 Å². The van der Waals surface area contributed by atoms with Crippen LogP contribution < -0.4 is 10.6 Å². The van der Waals surface area contributed by atoms with E-state index in [-0.39, 0.29) is 6.54 Å². The van der Waals surface area contributed by atoms with Crippen molar-refractivity contribution in [1.82, 2.24) is 10.3 Å². The van der Waals surface area contributed by atoms with Gasteiger partial charge >= 0.3 is 11.8 Å². The van der Waals surface area contributed by atoms with Crippen molar-refractivity contribution in [2.45, 2.75) is 26.3 Å². The summed E-state index contributed by atoms with van der Waals surface area (Å²) in [5.74, 6) is -1.13. The van der Waals surface area contributed by atoms with Crippen molar-refractivity contribution in [1.29, 1.82) is 0 Å². The summed E-state index contributed by atoms with van der Waals surface area (Å²) >= 11 is 7.47. The Bertz CT molecular complexity index is 685. The van der Waals surface area contributed by atoms with Gasteiger partial charge in [-0.05, 0) is 12.1 Å². The maximum Gasteiger partial charge on any atom is 0.313 e. The van der Waals surface area contributed by atoms with Gasteiger partial charge in [-0.2, -0.15) is 0 Å². The molecule has 0 fully saturated rings. The summed E-state index contributed by atoms with van der Waals surface area (Å²) in [4.78, 5) is 28.0. The number of amides is 2. The number of thiazole rings is 1. The Morgan fingerprint density at radius 1 is 1.27 bits per heavy atom. The summed E-state index contributed by atoms with van der Waals surface area (Å²) in [5, 5.41) is 8.27. The van der Waals surface area contributed by atoms with Gasteiger partial charge in [0.05, 0.1) is 28.0 Å². The second-order valence-corrected chi connectivity index (χ2v) is 6.25. The third kappa shape index (κ3) is 4.29. The van der Waals surface area contributed by atoms with E-state index in [0.717, 1.165) is 10.7 Å². The van der Waals surface area contributed by atoms with Crippen LogP contribution in [0, 0.1) is 0 Å². The van der Waals surface area contributed by atoms with E-state index in [1.807, 2.05) is 5.38 Å². The number of hydrogen-bond donors (Lipinski definition) is 2. The van der Waals surface area contributed by atoms with Gasteiger partial charge in [0.15, 0.2) is 0 Å². The molecule has 0 radical (unpaired) electrons. The summed E-state index contributed by atoms with van der Waals surface area (Å²) in [5.41, 5.74) is 1.15. The number of anilines is 1. The lowest BCUT2D eigenvalue weighted by Gasteiger charge is -2.07. The summed E-state index contributed by atoms with van der Waals surface area (Å²) < 4.78 is 0. The van der Waals surface area contributed by atoms with E-state index in [4.69, 9.17) is 11.6 Å². The number of hydrogen-bond acceptors (Lipinski definition) is 4. The van der Waals surface area contributed by atoms with Gasteiger partial charge in [-0.15, -0.1) is 11.3 Å². The minimum Gasteiger partial charge on any atom is -0.342 e.